The molecule has 10 nitrogen and oxygen atoms in total. The zero-order chi connectivity index (χ0) is 43.5. The summed E-state index contributed by atoms with van der Waals surface area (Å²) in [5, 5.41) is 11.3. The summed E-state index contributed by atoms with van der Waals surface area (Å²) in [6, 6.07) is 0. The second kappa shape index (κ2) is 42.9. The standard InChI is InChI=1S/C27H50N2O4.C15H30O2.C6H14O2/c1-3-5-7-8-9-10-11-12-13-14-15-17-26(31)29-22-20-24(23-29)33-27(32)19-18-25(30)28-21-16-6-4-2;1-3-4-5-6-7-8-9-10-11-12-13-14-15(16)17-2;1-6(2,8-3)4-5-7/h24H,3-23H2,1-2H3,(H,28,30);3-14H2,1-2H3;7H,4-5H2,1-3H3. The number of likely N-dealkylation sites (tertiary alicyclic amines) is 1. The van der Waals surface area contributed by atoms with E-state index in [0.717, 1.165) is 38.5 Å². The minimum Gasteiger partial charge on any atom is -0.469 e. The summed E-state index contributed by atoms with van der Waals surface area (Å²) in [6.07, 6.45) is 34.3. The lowest BCUT2D eigenvalue weighted by Gasteiger charge is -2.20. The maximum atomic E-state index is 12.4. The van der Waals surface area contributed by atoms with Crippen molar-refractivity contribution in [3.63, 3.8) is 0 Å². The van der Waals surface area contributed by atoms with Gasteiger partial charge >= 0.3 is 11.9 Å². The average Bonchev–Trinajstić information content (AvgIpc) is 3.68. The molecule has 10 heteroatoms. The fourth-order valence-corrected chi connectivity index (χ4v) is 6.71. The zero-order valence-corrected chi connectivity index (χ0v) is 39.1. The van der Waals surface area contributed by atoms with E-state index in [1.54, 1.807) is 7.11 Å². The van der Waals surface area contributed by atoms with E-state index in [1.165, 1.54) is 129 Å². The number of carbonyl (C=O) groups is 4. The van der Waals surface area contributed by atoms with Gasteiger partial charge in [-0.05, 0) is 39.5 Å². The van der Waals surface area contributed by atoms with Gasteiger partial charge in [-0.1, -0.05) is 162 Å². The van der Waals surface area contributed by atoms with E-state index in [9.17, 15) is 19.2 Å². The Morgan fingerprint density at radius 1 is 0.603 bits per heavy atom. The molecule has 2 N–H and O–H groups in total. The van der Waals surface area contributed by atoms with Crippen LogP contribution in [0.15, 0.2) is 0 Å². The van der Waals surface area contributed by atoms with Crippen LogP contribution in [0.2, 0.25) is 0 Å². The average molecular weight is 827 g/mol. The molecule has 0 bridgehead atoms. The number of carbonyl (C=O) groups excluding carboxylic acids is 4. The van der Waals surface area contributed by atoms with E-state index >= 15 is 0 Å². The molecule has 1 fully saturated rings. The number of aliphatic hydroxyl groups is 1. The van der Waals surface area contributed by atoms with Gasteiger partial charge in [0.25, 0.3) is 0 Å². The first-order valence-corrected chi connectivity index (χ1v) is 24.0. The summed E-state index contributed by atoms with van der Waals surface area (Å²) in [5.41, 5.74) is -0.158. The molecule has 1 heterocycles. The van der Waals surface area contributed by atoms with Gasteiger partial charge in [0.15, 0.2) is 0 Å². The molecular formula is C48H94N2O8. The number of methoxy groups -OCH3 is 2. The number of unbranched alkanes of at least 4 members (excludes halogenated alkanes) is 22. The van der Waals surface area contributed by atoms with Crippen molar-refractivity contribution in [3.05, 3.63) is 0 Å². The Bertz CT molecular complexity index is 960. The van der Waals surface area contributed by atoms with Crippen LogP contribution in [0.3, 0.4) is 0 Å². The molecule has 0 aromatic heterocycles. The smallest absolute Gasteiger partial charge is 0.306 e. The van der Waals surface area contributed by atoms with E-state index in [4.69, 9.17) is 14.6 Å². The van der Waals surface area contributed by atoms with Crippen LogP contribution in [0.25, 0.3) is 0 Å². The van der Waals surface area contributed by atoms with Crippen LogP contribution in [0.1, 0.15) is 234 Å². The predicted octanol–water partition coefficient (Wildman–Crippen LogP) is 11.6. The predicted molar refractivity (Wildman–Crippen MR) is 240 cm³/mol. The highest BCUT2D eigenvalue weighted by Gasteiger charge is 2.28. The fraction of sp³-hybridized carbons (Fsp3) is 0.917. The summed E-state index contributed by atoms with van der Waals surface area (Å²) >= 11 is 0. The van der Waals surface area contributed by atoms with Gasteiger partial charge in [-0.15, -0.1) is 0 Å². The van der Waals surface area contributed by atoms with Gasteiger partial charge in [-0.2, -0.15) is 0 Å². The number of nitrogens with zero attached hydrogens (tertiary/aromatic N) is 1. The number of esters is 2. The third-order valence-corrected chi connectivity index (χ3v) is 10.9. The maximum Gasteiger partial charge on any atom is 0.306 e. The Labute approximate surface area is 357 Å². The fourth-order valence-electron chi connectivity index (χ4n) is 6.71. The number of ether oxygens (including phenoxy) is 3. The molecule has 0 saturated carbocycles. The van der Waals surface area contributed by atoms with E-state index in [1.807, 2.05) is 18.7 Å². The first kappa shape index (κ1) is 57.9. The third-order valence-electron chi connectivity index (χ3n) is 10.9. The lowest BCUT2D eigenvalue weighted by atomic mass is 10.1. The molecule has 0 spiro atoms. The molecule has 2 amide bonds. The lowest BCUT2D eigenvalue weighted by molar-refractivity contribution is -0.150. The molecule has 1 saturated heterocycles. The SMILES string of the molecule is CCCCCCCCCCCCCC(=O)N1CCC(OC(=O)CCC(=O)NCCCCC)C1.CCCCCCCCCCCCCC(=O)OC.COC(C)(C)CCO. The Morgan fingerprint density at radius 2 is 1.05 bits per heavy atom. The van der Waals surface area contributed by atoms with Gasteiger partial charge in [-0.3, -0.25) is 19.2 Å². The van der Waals surface area contributed by atoms with Gasteiger partial charge in [0.1, 0.15) is 6.10 Å². The van der Waals surface area contributed by atoms with Crippen molar-refractivity contribution in [3.8, 4) is 0 Å². The largest absolute Gasteiger partial charge is 0.469 e. The molecule has 1 aliphatic rings. The molecule has 58 heavy (non-hydrogen) atoms. The molecule has 0 aliphatic carbocycles. The number of nitrogens with one attached hydrogen (secondary N) is 1. The van der Waals surface area contributed by atoms with Gasteiger partial charge in [0.2, 0.25) is 11.8 Å². The van der Waals surface area contributed by atoms with Gasteiger partial charge in [0.05, 0.1) is 25.7 Å². The summed E-state index contributed by atoms with van der Waals surface area (Å²) in [6.45, 7) is 12.5. The molecule has 1 aliphatic heterocycles. The number of hydrogen-bond acceptors (Lipinski definition) is 8. The monoisotopic (exact) mass is 827 g/mol. The first-order chi connectivity index (χ1) is 28.0. The van der Waals surface area contributed by atoms with Gasteiger partial charge in [-0.25, -0.2) is 0 Å². The summed E-state index contributed by atoms with van der Waals surface area (Å²) in [7, 11) is 3.11. The van der Waals surface area contributed by atoms with Crippen molar-refractivity contribution in [2.24, 2.45) is 0 Å². The van der Waals surface area contributed by atoms with E-state index in [-0.39, 0.29) is 54.9 Å². The number of rotatable bonds is 35. The van der Waals surface area contributed by atoms with Gasteiger partial charge < -0.3 is 29.5 Å². The third kappa shape index (κ3) is 40.6. The van der Waals surface area contributed by atoms with Crippen LogP contribution >= 0.6 is 0 Å². The highest BCUT2D eigenvalue weighted by molar-refractivity contribution is 5.81. The maximum absolute atomic E-state index is 12.4. The zero-order valence-electron chi connectivity index (χ0n) is 39.1. The van der Waals surface area contributed by atoms with E-state index in [0.29, 0.717) is 45.3 Å². The summed E-state index contributed by atoms with van der Waals surface area (Å²) in [4.78, 5) is 48.9. The van der Waals surface area contributed by atoms with Crippen LogP contribution in [0.5, 0.6) is 0 Å². The minimum absolute atomic E-state index is 0.0686. The highest BCUT2D eigenvalue weighted by Crippen LogP contribution is 2.18. The van der Waals surface area contributed by atoms with Crippen molar-refractivity contribution >= 4 is 23.8 Å². The molecule has 0 radical (unpaired) electrons. The molecule has 0 aromatic rings. The van der Waals surface area contributed by atoms with Crippen LogP contribution in [-0.2, 0) is 33.4 Å². The Hall–Kier alpha value is -2.20. The van der Waals surface area contributed by atoms with Crippen LogP contribution in [0.4, 0.5) is 0 Å². The second-order valence-corrected chi connectivity index (χ2v) is 16.9. The summed E-state index contributed by atoms with van der Waals surface area (Å²) in [5.74, 6) is -0.335. The van der Waals surface area contributed by atoms with Crippen LogP contribution in [0, 0.1) is 0 Å². The highest BCUT2D eigenvalue weighted by atomic mass is 16.5. The Morgan fingerprint density at radius 3 is 1.48 bits per heavy atom. The number of aliphatic hydroxyl groups excluding tert-OH is 1. The molecule has 1 rings (SSSR count). The Kier molecular flexibility index (Phi) is 42.8. The quantitative estimate of drug-likeness (QED) is 0.0477. The number of amides is 2. The van der Waals surface area contributed by atoms with Gasteiger partial charge in [0, 0.05) is 52.5 Å². The minimum atomic E-state index is -0.344. The molecule has 344 valence electrons. The van der Waals surface area contributed by atoms with E-state index < -0.39 is 0 Å². The summed E-state index contributed by atoms with van der Waals surface area (Å²) < 4.78 is 15.1. The molecule has 1 atom stereocenters. The van der Waals surface area contributed by atoms with E-state index in [2.05, 4.69) is 30.8 Å². The first-order valence-electron chi connectivity index (χ1n) is 24.0. The van der Waals surface area contributed by atoms with Crippen molar-refractivity contribution in [1.29, 1.82) is 0 Å². The molecular weight excluding hydrogens is 733 g/mol. The van der Waals surface area contributed by atoms with Crippen molar-refractivity contribution in [2.75, 3.05) is 40.5 Å². The van der Waals surface area contributed by atoms with Crippen molar-refractivity contribution < 1.29 is 38.5 Å². The lowest BCUT2D eigenvalue weighted by Crippen LogP contribution is -2.31. The van der Waals surface area contributed by atoms with Crippen molar-refractivity contribution in [2.45, 2.75) is 245 Å². The molecule has 1 unspecified atom stereocenters. The second-order valence-electron chi connectivity index (χ2n) is 16.9. The Balaban J connectivity index is 0. The van der Waals surface area contributed by atoms with Crippen LogP contribution < -0.4 is 5.32 Å². The normalized spacial score (nSPS) is 13.6. The topological polar surface area (TPSA) is 131 Å². The molecule has 0 aromatic carbocycles. The number of hydrogen-bond donors (Lipinski definition) is 2. The van der Waals surface area contributed by atoms with Crippen molar-refractivity contribution in [1.82, 2.24) is 10.2 Å². The van der Waals surface area contributed by atoms with Crippen LogP contribution in [-0.4, -0.2) is 85.9 Å².